The van der Waals surface area contributed by atoms with Crippen molar-refractivity contribution < 1.29 is 13.5 Å². The number of methoxy groups -OCH3 is 1. The summed E-state index contributed by atoms with van der Waals surface area (Å²) < 4.78 is 33.7. The minimum absolute atomic E-state index is 0.0361. The first-order valence-electron chi connectivity index (χ1n) is 8.92. The quantitative estimate of drug-likeness (QED) is 0.310. The van der Waals surface area contributed by atoms with Gasteiger partial charge in [-0.15, -0.1) is 0 Å². The predicted molar refractivity (Wildman–Crippen MR) is 105 cm³/mol. The highest BCUT2D eigenvalue weighted by Gasteiger charge is 2.21. The van der Waals surface area contributed by atoms with E-state index in [2.05, 4.69) is 35.6 Å². The van der Waals surface area contributed by atoms with Gasteiger partial charge >= 0.3 is 0 Å². The van der Waals surface area contributed by atoms with Gasteiger partial charge < -0.3 is 4.74 Å². The normalized spacial score (nSPS) is 19.0. The van der Waals surface area contributed by atoms with E-state index in [0.29, 0.717) is 11.5 Å². The number of hydrogen-bond acceptors (Lipinski definition) is 1. The molecule has 0 spiro atoms. The lowest BCUT2D eigenvalue weighted by atomic mass is 9.83. The van der Waals surface area contributed by atoms with Gasteiger partial charge in [0.25, 0.3) is 0 Å². The molecular weight excluding hydrogens is 421 g/mol. The second-order valence-electron chi connectivity index (χ2n) is 6.63. The predicted octanol–water partition coefficient (Wildman–Crippen LogP) is 6.93. The van der Waals surface area contributed by atoms with Gasteiger partial charge in [0.2, 0.25) is 5.82 Å². The average Bonchev–Trinajstić information content (AvgIpc) is 2.58. The van der Waals surface area contributed by atoms with Gasteiger partial charge in [-0.05, 0) is 55.7 Å². The molecule has 1 aromatic carbocycles. The Kier molecular flexibility index (Phi) is 7.98. The fraction of sp³-hybridized carbons (Fsp3) is 0.600. The van der Waals surface area contributed by atoms with E-state index in [0.717, 1.165) is 28.8 Å². The molecule has 134 valence electrons. The Bertz CT molecular complexity index is 571. The molecule has 0 aliphatic heterocycles. The van der Waals surface area contributed by atoms with Gasteiger partial charge in [0, 0.05) is 9.49 Å². The largest absolute Gasteiger partial charge is 0.494 e. The fourth-order valence-corrected chi connectivity index (χ4v) is 4.48. The summed E-state index contributed by atoms with van der Waals surface area (Å²) in [5.74, 6) is -1.02. The molecule has 0 heterocycles. The van der Waals surface area contributed by atoms with Crippen LogP contribution in [0.1, 0.15) is 63.9 Å². The number of ether oxygens (including phenoxy) is 1. The third kappa shape index (κ3) is 5.17. The zero-order valence-corrected chi connectivity index (χ0v) is 16.7. The molecule has 0 radical (unpaired) electrons. The SMILES string of the molecule is CCCC(I)CCCC1CC=C(c2ccc(OC)c(F)c2F)CC1. The summed E-state index contributed by atoms with van der Waals surface area (Å²) >= 11 is 2.56. The lowest BCUT2D eigenvalue weighted by Crippen LogP contribution is -2.08. The molecule has 0 fully saturated rings. The van der Waals surface area contributed by atoms with E-state index >= 15 is 0 Å². The summed E-state index contributed by atoms with van der Waals surface area (Å²) in [6.07, 6.45) is 11.3. The fourth-order valence-electron chi connectivity index (χ4n) is 3.42. The van der Waals surface area contributed by atoms with Crippen molar-refractivity contribution in [2.24, 2.45) is 5.92 Å². The van der Waals surface area contributed by atoms with Crippen LogP contribution >= 0.6 is 22.6 Å². The maximum Gasteiger partial charge on any atom is 0.201 e. The van der Waals surface area contributed by atoms with Gasteiger partial charge in [0.05, 0.1) is 7.11 Å². The number of alkyl halides is 1. The highest BCUT2D eigenvalue weighted by Crippen LogP contribution is 2.36. The Morgan fingerprint density at radius 1 is 1.25 bits per heavy atom. The Morgan fingerprint density at radius 3 is 2.67 bits per heavy atom. The Labute approximate surface area is 158 Å². The van der Waals surface area contributed by atoms with Crippen LogP contribution in [0.2, 0.25) is 0 Å². The van der Waals surface area contributed by atoms with Gasteiger partial charge in [0.1, 0.15) is 0 Å². The van der Waals surface area contributed by atoms with E-state index in [4.69, 9.17) is 4.74 Å². The summed E-state index contributed by atoms with van der Waals surface area (Å²) in [6, 6.07) is 3.14. The number of hydrogen-bond donors (Lipinski definition) is 0. The molecular formula is C20H27F2IO. The van der Waals surface area contributed by atoms with E-state index in [1.54, 1.807) is 6.07 Å². The van der Waals surface area contributed by atoms with Gasteiger partial charge in [-0.2, -0.15) is 4.39 Å². The van der Waals surface area contributed by atoms with Crippen LogP contribution in [-0.2, 0) is 0 Å². The lowest BCUT2D eigenvalue weighted by Gasteiger charge is -2.23. The van der Waals surface area contributed by atoms with Gasteiger partial charge in [-0.1, -0.05) is 54.9 Å². The molecule has 1 aliphatic carbocycles. The van der Waals surface area contributed by atoms with Crippen molar-refractivity contribution in [2.75, 3.05) is 7.11 Å². The molecule has 0 N–H and O–H groups in total. The van der Waals surface area contributed by atoms with Crippen LogP contribution in [0.25, 0.3) is 5.57 Å². The van der Waals surface area contributed by atoms with Crippen molar-refractivity contribution in [3.8, 4) is 5.75 Å². The summed E-state index contributed by atoms with van der Waals surface area (Å²) in [5.41, 5.74) is 1.32. The van der Waals surface area contributed by atoms with E-state index in [-0.39, 0.29) is 5.75 Å². The van der Waals surface area contributed by atoms with Crippen LogP contribution in [-0.4, -0.2) is 11.0 Å². The Balaban J connectivity index is 1.90. The molecule has 1 aliphatic rings. The molecule has 2 unspecified atom stereocenters. The number of allylic oxidation sites excluding steroid dienone is 2. The standard InChI is InChI=1S/C20H27F2IO/c1-3-5-16(23)7-4-6-14-8-10-15(11-9-14)17-12-13-18(24-2)20(22)19(17)21/h10,12-14,16H,3-9,11H2,1-2H3. The summed E-state index contributed by atoms with van der Waals surface area (Å²) in [4.78, 5) is 0. The van der Waals surface area contributed by atoms with Crippen molar-refractivity contribution in [2.45, 2.75) is 62.2 Å². The molecule has 1 aromatic rings. The topological polar surface area (TPSA) is 9.23 Å². The highest BCUT2D eigenvalue weighted by atomic mass is 127. The molecule has 2 rings (SSSR count). The third-order valence-corrected chi connectivity index (χ3v) is 6.11. The Morgan fingerprint density at radius 2 is 2.04 bits per heavy atom. The third-order valence-electron chi connectivity index (χ3n) is 4.86. The molecule has 0 saturated heterocycles. The van der Waals surface area contributed by atoms with Crippen LogP contribution in [0, 0.1) is 17.6 Å². The van der Waals surface area contributed by atoms with Gasteiger partial charge in [-0.3, -0.25) is 0 Å². The molecule has 0 aromatic heterocycles. The van der Waals surface area contributed by atoms with Crippen molar-refractivity contribution in [1.29, 1.82) is 0 Å². The number of halogens is 3. The maximum absolute atomic E-state index is 14.2. The first kappa shape index (κ1) is 19.7. The second kappa shape index (κ2) is 9.73. The monoisotopic (exact) mass is 448 g/mol. The summed E-state index contributed by atoms with van der Waals surface area (Å²) in [5, 5.41) is 0. The van der Waals surface area contributed by atoms with Crippen LogP contribution in [0.5, 0.6) is 5.75 Å². The minimum Gasteiger partial charge on any atom is -0.494 e. The van der Waals surface area contributed by atoms with E-state index < -0.39 is 11.6 Å². The molecule has 4 heteroatoms. The smallest absolute Gasteiger partial charge is 0.201 e. The number of rotatable bonds is 8. The zero-order valence-electron chi connectivity index (χ0n) is 14.6. The van der Waals surface area contributed by atoms with Crippen LogP contribution in [0.4, 0.5) is 8.78 Å². The average molecular weight is 448 g/mol. The van der Waals surface area contributed by atoms with E-state index in [9.17, 15) is 8.78 Å². The van der Waals surface area contributed by atoms with Crippen LogP contribution in [0.15, 0.2) is 18.2 Å². The van der Waals surface area contributed by atoms with E-state index in [1.165, 1.54) is 45.3 Å². The summed E-state index contributed by atoms with van der Waals surface area (Å²) in [6.45, 7) is 2.24. The molecule has 2 atom stereocenters. The van der Waals surface area contributed by atoms with Crippen molar-refractivity contribution in [3.05, 3.63) is 35.4 Å². The first-order valence-corrected chi connectivity index (χ1v) is 10.2. The molecule has 1 nitrogen and oxygen atoms in total. The van der Waals surface area contributed by atoms with Gasteiger partial charge in [0.15, 0.2) is 11.6 Å². The highest BCUT2D eigenvalue weighted by molar-refractivity contribution is 14.1. The maximum atomic E-state index is 14.2. The molecule has 0 bridgehead atoms. The second-order valence-corrected chi connectivity index (χ2v) is 8.39. The zero-order chi connectivity index (χ0) is 17.5. The van der Waals surface area contributed by atoms with Crippen LogP contribution in [0.3, 0.4) is 0 Å². The molecule has 0 saturated carbocycles. The molecule has 24 heavy (non-hydrogen) atoms. The minimum atomic E-state index is -0.887. The summed E-state index contributed by atoms with van der Waals surface area (Å²) in [7, 11) is 1.35. The van der Waals surface area contributed by atoms with Crippen molar-refractivity contribution in [1.82, 2.24) is 0 Å². The molecule has 0 amide bonds. The Hall–Kier alpha value is -0.650. The number of benzene rings is 1. The van der Waals surface area contributed by atoms with Crippen molar-refractivity contribution >= 4 is 28.2 Å². The first-order chi connectivity index (χ1) is 11.6. The van der Waals surface area contributed by atoms with Crippen LogP contribution < -0.4 is 4.74 Å². The van der Waals surface area contributed by atoms with Gasteiger partial charge in [-0.25, -0.2) is 4.39 Å². The lowest BCUT2D eigenvalue weighted by molar-refractivity contribution is 0.371. The van der Waals surface area contributed by atoms with E-state index in [1.807, 2.05) is 0 Å². The van der Waals surface area contributed by atoms with Crippen molar-refractivity contribution in [3.63, 3.8) is 0 Å².